The van der Waals surface area contributed by atoms with Crippen molar-refractivity contribution in [2.24, 2.45) is 0 Å². The van der Waals surface area contributed by atoms with Crippen LogP contribution in [0.25, 0.3) is 22.3 Å². The number of carbonyl (C=O) groups excluding carboxylic acids is 1. The van der Waals surface area contributed by atoms with Gasteiger partial charge in [-0.25, -0.2) is 19.7 Å². The minimum absolute atomic E-state index is 0.0254. The molecule has 246 valence electrons. The molecule has 0 spiro atoms. The fourth-order valence-electron chi connectivity index (χ4n) is 4.52. The number of halogens is 3. The van der Waals surface area contributed by atoms with Crippen molar-refractivity contribution in [3.63, 3.8) is 0 Å². The molecule has 4 rings (SSSR count). The molecule has 0 saturated heterocycles. The van der Waals surface area contributed by atoms with E-state index in [-0.39, 0.29) is 12.6 Å². The molecule has 0 saturated carbocycles. The van der Waals surface area contributed by atoms with Crippen LogP contribution in [0.1, 0.15) is 33.6 Å². The third-order valence-corrected chi connectivity index (χ3v) is 6.72. The maximum atomic E-state index is 13.1. The van der Waals surface area contributed by atoms with Gasteiger partial charge < -0.3 is 28.7 Å². The molecule has 14 heteroatoms. The zero-order valence-electron chi connectivity index (χ0n) is 26.6. The number of aromatic nitrogens is 4. The number of hydrogen-bond donors (Lipinski definition) is 0. The predicted octanol–water partition coefficient (Wildman–Crippen LogP) is 6.83. The number of amides is 1. The highest BCUT2D eigenvalue weighted by Gasteiger charge is 2.30. The number of alkyl halides is 3. The summed E-state index contributed by atoms with van der Waals surface area (Å²) in [6.45, 7) is 4.82. The van der Waals surface area contributed by atoms with Gasteiger partial charge in [-0.15, -0.1) is 0 Å². The highest BCUT2D eigenvalue weighted by Crippen LogP contribution is 2.34. The monoisotopic (exact) mass is 642 g/mol. The van der Waals surface area contributed by atoms with E-state index in [2.05, 4.69) is 15.0 Å². The lowest BCUT2D eigenvalue weighted by Crippen LogP contribution is -2.40. The van der Waals surface area contributed by atoms with Gasteiger partial charge in [-0.3, -0.25) is 4.98 Å². The van der Waals surface area contributed by atoms with Crippen LogP contribution >= 0.6 is 0 Å². The van der Waals surface area contributed by atoms with E-state index in [0.29, 0.717) is 52.4 Å². The summed E-state index contributed by atoms with van der Waals surface area (Å²) in [6, 6.07) is 11.2. The van der Waals surface area contributed by atoms with Crippen LogP contribution in [0.15, 0.2) is 55.0 Å². The first kappa shape index (κ1) is 34.0. The molecule has 46 heavy (non-hydrogen) atoms. The van der Waals surface area contributed by atoms with Gasteiger partial charge in [0.15, 0.2) is 0 Å². The van der Waals surface area contributed by atoms with Gasteiger partial charge in [-0.2, -0.15) is 13.2 Å². The van der Waals surface area contributed by atoms with Gasteiger partial charge in [0.1, 0.15) is 17.1 Å². The molecule has 0 fully saturated rings. The number of anilines is 2. The predicted molar refractivity (Wildman–Crippen MR) is 167 cm³/mol. The lowest BCUT2D eigenvalue weighted by molar-refractivity contribution is -0.137. The Labute approximate surface area is 265 Å². The van der Waals surface area contributed by atoms with Crippen LogP contribution in [-0.2, 0) is 4.74 Å². The topological polar surface area (TPSA) is 112 Å². The van der Waals surface area contributed by atoms with Crippen molar-refractivity contribution in [2.75, 3.05) is 45.9 Å². The van der Waals surface area contributed by atoms with Crippen LogP contribution in [0, 0.1) is 0 Å². The van der Waals surface area contributed by atoms with Crippen molar-refractivity contribution in [1.82, 2.24) is 24.8 Å². The maximum Gasteiger partial charge on any atom is 0.410 e. The smallest absolute Gasteiger partial charge is 0.410 e. The van der Waals surface area contributed by atoms with Crippen LogP contribution in [0.2, 0.25) is 0 Å². The Morgan fingerprint density at radius 3 is 2.04 bits per heavy atom. The van der Waals surface area contributed by atoms with Crippen molar-refractivity contribution in [1.29, 1.82) is 0 Å². The Balaban J connectivity index is 1.67. The minimum Gasteiger partial charge on any atom is -0.497 e. The SMILES string of the molecule is COc1cc(OC)cc(N(CCCN(CCC(F)(F)F)C(=O)OC(C)(C)C)c2ccc3ncc(-c4cnc(OC)nc4)nc3c2)c1. The highest BCUT2D eigenvalue weighted by atomic mass is 19.4. The van der Waals surface area contributed by atoms with E-state index in [0.717, 1.165) is 10.6 Å². The average Bonchev–Trinajstić information content (AvgIpc) is 3.02. The number of rotatable bonds is 12. The number of ether oxygens (including phenoxy) is 4. The number of hydrogen-bond acceptors (Lipinski definition) is 10. The molecule has 0 aliphatic heterocycles. The number of methoxy groups -OCH3 is 3. The summed E-state index contributed by atoms with van der Waals surface area (Å²) in [6.07, 6.45) is -1.25. The van der Waals surface area contributed by atoms with E-state index in [1.807, 2.05) is 35.2 Å². The second-order valence-corrected chi connectivity index (χ2v) is 11.3. The Morgan fingerprint density at radius 1 is 0.783 bits per heavy atom. The van der Waals surface area contributed by atoms with Crippen molar-refractivity contribution in [3.05, 3.63) is 55.0 Å². The molecule has 2 aromatic carbocycles. The van der Waals surface area contributed by atoms with E-state index in [1.165, 1.54) is 21.3 Å². The molecule has 1 amide bonds. The van der Waals surface area contributed by atoms with E-state index in [4.69, 9.17) is 23.9 Å². The summed E-state index contributed by atoms with van der Waals surface area (Å²) in [5.41, 5.74) is 3.00. The van der Waals surface area contributed by atoms with Crippen LogP contribution in [0.3, 0.4) is 0 Å². The maximum absolute atomic E-state index is 13.1. The Hall–Kier alpha value is -4.88. The molecule has 0 aliphatic rings. The van der Waals surface area contributed by atoms with Gasteiger partial charge in [0.05, 0.1) is 50.7 Å². The van der Waals surface area contributed by atoms with Gasteiger partial charge in [-0.1, -0.05) is 0 Å². The van der Waals surface area contributed by atoms with E-state index in [9.17, 15) is 18.0 Å². The molecule has 0 bridgehead atoms. The van der Waals surface area contributed by atoms with Gasteiger partial charge >= 0.3 is 18.3 Å². The third-order valence-electron chi connectivity index (χ3n) is 6.72. The van der Waals surface area contributed by atoms with E-state index >= 15 is 0 Å². The molecular formula is C32H37F3N6O5. The summed E-state index contributed by atoms with van der Waals surface area (Å²) in [7, 11) is 4.56. The first-order valence-electron chi connectivity index (χ1n) is 14.5. The average molecular weight is 643 g/mol. The van der Waals surface area contributed by atoms with Crippen molar-refractivity contribution in [3.8, 4) is 28.8 Å². The zero-order chi connectivity index (χ0) is 33.5. The molecule has 0 unspecified atom stereocenters. The van der Waals surface area contributed by atoms with Crippen LogP contribution in [-0.4, -0.2) is 83.7 Å². The standard InChI is InChI=1S/C32H37F3N6O5/c1-31(2,3)46-30(42)40(13-10-32(33,34)35)11-7-12-41(23-14-24(43-4)17-25(15-23)44-5)22-8-9-26-27(16-22)39-28(20-36-26)21-18-37-29(45-6)38-19-21/h8-9,14-20H,7,10-13H2,1-6H3. The van der Waals surface area contributed by atoms with Crippen LogP contribution < -0.4 is 19.1 Å². The largest absolute Gasteiger partial charge is 0.497 e. The summed E-state index contributed by atoms with van der Waals surface area (Å²) in [4.78, 5) is 33.5. The summed E-state index contributed by atoms with van der Waals surface area (Å²) >= 11 is 0. The van der Waals surface area contributed by atoms with Gasteiger partial charge in [-0.05, 0) is 45.4 Å². The Kier molecular flexibility index (Phi) is 10.7. The van der Waals surface area contributed by atoms with Gasteiger partial charge in [0.25, 0.3) is 0 Å². The first-order chi connectivity index (χ1) is 21.8. The highest BCUT2D eigenvalue weighted by molar-refractivity contribution is 5.82. The first-order valence-corrected chi connectivity index (χ1v) is 14.5. The fourth-order valence-corrected chi connectivity index (χ4v) is 4.52. The number of benzene rings is 2. The Bertz CT molecular complexity index is 1610. The lowest BCUT2D eigenvalue weighted by atomic mass is 10.1. The number of fused-ring (bicyclic) bond motifs is 1. The van der Waals surface area contributed by atoms with E-state index in [1.54, 1.807) is 45.4 Å². The second-order valence-electron chi connectivity index (χ2n) is 11.3. The van der Waals surface area contributed by atoms with Gasteiger partial charge in [0, 0.05) is 67.2 Å². The van der Waals surface area contributed by atoms with E-state index < -0.39 is 30.8 Å². The van der Waals surface area contributed by atoms with Crippen molar-refractivity contribution < 1.29 is 36.9 Å². The molecule has 0 atom stereocenters. The van der Waals surface area contributed by atoms with Gasteiger partial charge in [0.2, 0.25) is 0 Å². The van der Waals surface area contributed by atoms with Crippen molar-refractivity contribution in [2.45, 2.75) is 45.4 Å². The minimum atomic E-state index is -4.42. The molecule has 2 heterocycles. The zero-order valence-corrected chi connectivity index (χ0v) is 26.6. The van der Waals surface area contributed by atoms with Crippen molar-refractivity contribution >= 4 is 28.5 Å². The molecule has 0 aliphatic carbocycles. The molecule has 0 N–H and O–H groups in total. The number of nitrogens with zero attached hydrogens (tertiary/aromatic N) is 6. The fraction of sp³-hybridized carbons (Fsp3) is 0.406. The van der Waals surface area contributed by atoms with Crippen LogP contribution in [0.5, 0.6) is 17.5 Å². The van der Waals surface area contributed by atoms with Crippen LogP contribution in [0.4, 0.5) is 29.3 Å². The molecule has 11 nitrogen and oxygen atoms in total. The quantitative estimate of drug-likeness (QED) is 0.163. The molecule has 0 radical (unpaired) electrons. The Morgan fingerprint density at radius 2 is 1.46 bits per heavy atom. The molecule has 2 aromatic heterocycles. The summed E-state index contributed by atoms with van der Waals surface area (Å²) in [5.74, 6) is 1.09. The lowest BCUT2D eigenvalue weighted by Gasteiger charge is -2.30. The summed E-state index contributed by atoms with van der Waals surface area (Å²) < 4.78 is 60.8. The second kappa shape index (κ2) is 14.5. The molecular weight excluding hydrogens is 605 g/mol. The summed E-state index contributed by atoms with van der Waals surface area (Å²) in [5, 5.41) is 0. The normalized spacial score (nSPS) is 11.7. The number of carbonyl (C=O) groups is 1. The third kappa shape index (κ3) is 9.31. The molecule has 4 aromatic rings.